The van der Waals surface area contributed by atoms with Crippen LogP contribution in [-0.2, 0) is 17.0 Å². The second-order valence-corrected chi connectivity index (χ2v) is 7.73. The van der Waals surface area contributed by atoms with Crippen LogP contribution < -0.4 is 0 Å². The zero-order valence-electron chi connectivity index (χ0n) is 12.1. The van der Waals surface area contributed by atoms with Gasteiger partial charge in [-0.1, -0.05) is 20.8 Å². The van der Waals surface area contributed by atoms with E-state index >= 15 is 0 Å². The van der Waals surface area contributed by atoms with Crippen molar-refractivity contribution in [2.75, 3.05) is 6.61 Å². The van der Waals surface area contributed by atoms with Crippen LogP contribution >= 0.6 is 22.9 Å². The number of alkyl halides is 1. The van der Waals surface area contributed by atoms with Crippen LogP contribution in [0.1, 0.15) is 50.7 Å². The summed E-state index contributed by atoms with van der Waals surface area (Å²) in [5, 5.41) is 3.17. The smallest absolute Gasteiger partial charge is 0.0951 e. The number of nitrogens with zero attached hydrogens (tertiary/aromatic N) is 1. The molecule has 2 nitrogen and oxygen atoms in total. The lowest BCUT2D eigenvalue weighted by Crippen LogP contribution is -2.33. The number of hydrogen-bond acceptors (Lipinski definition) is 3. The van der Waals surface area contributed by atoms with Crippen molar-refractivity contribution in [3.8, 4) is 0 Å². The molecule has 1 heterocycles. The zero-order valence-corrected chi connectivity index (χ0v) is 13.7. The van der Waals surface area contributed by atoms with Gasteiger partial charge >= 0.3 is 0 Å². The number of aromatic nitrogens is 1. The molecule has 0 radical (unpaired) electrons. The van der Waals surface area contributed by atoms with Gasteiger partial charge in [-0.2, -0.15) is 0 Å². The molecule has 1 aliphatic rings. The van der Waals surface area contributed by atoms with Crippen molar-refractivity contribution in [3.05, 3.63) is 16.1 Å². The molecule has 1 aromatic rings. The molecule has 19 heavy (non-hydrogen) atoms. The van der Waals surface area contributed by atoms with Crippen LogP contribution in [-0.4, -0.2) is 17.7 Å². The highest BCUT2D eigenvalue weighted by atomic mass is 35.5. The highest BCUT2D eigenvalue weighted by Crippen LogP contribution is 2.39. The second kappa shape index (κ2) is 6.55. The zero-order chi connectivity index (χ0) is 13.9. The van der Waals surface area contributed by atoms with E-state index in [0.29, 0.717) is 17.4 Å². The van der Waals surface area contributed by atoms with Crippen molar-refractivity contribution in [2.45, 2.75) is 58.4 Å². The molecule has 4 heteroatoms. The van der Waals surface area contributed by atoms with Gasteiger partial charge in [0.25, 0.3) is 0 Å². The molecule has 2 rings (SSSR count). The summed E-state index contributed by atoms with van der Waals surface area (Å²) >= 11 is 7.44. The number of halogens is 1. The summed E-state index contributed by atoms with van der Waals surface area (Å²) in [7, 11) is 0. The van der Waals surface area contributed by atoms with E-state index in [0.717, 1.165) is 29.6 Å². The fourth-order valence-corrected chi connectivity index (χ4v) is 4.23. The molecule has 0 aliphatic heterocycles. The first kappa shape index (κ1) is 15.3. The van der Waals surface area contributed by atoms with E-state index in [1.165, 1.54) is 19.3 Å². The molecule has 0 saturated heterocycles. The Hall–Kier alpha value is -0.120. The maximum atomic E-state index is 6.07. The molecule has 108 valence electrons. The van der Waals surface area contributed by atoms with Crippen molar-refractivity contribution < 1.29 is 4.74 Å². The lowest BCUT2D eigenvalue weighted by atomic mass is 9.71. The Labute approximate surface area is 125 Å². The lowest BCUT2D eigenvalue weighted by Gasteiger charge is -2.38. The topological polar surface area (TPSA) is 22.1 Å². The minimum atomic E-state index is 0.422. The standard InChI is InChI=1S/C15H24ClNOS/c1-11-6-13(8-15(2,3)7-11)18-5-4-14-17-12(9-16)10-19-14/h10-11,13H,4-9H2,1-3H3. The van der Waals surface area contributed by atoms with Gasteiger partial charge in [0.1, 0.15) is 0 Å². The predicted molar refractivity (Wildman–Crippen MR) is 81.9 cm³/mol. The first-order valence-corrected chi connectivity index (χ1v) is 8.51. The van der Waals surface area contributed by atoms with Gasteiger partial charge in [-0.15, -0.1) is 22.9 Å². The maximum absolute atomic E-state index is 6.07. The maximum Gasteiger partial charge on any atom is 0.0951 e. The van der Waals surface area contributed by atoms with E-state index in [2.05, 4.69) is 25.8 Å². The van der Waals surface area contributed by atoms with Crippen LogP contribution in [0.2, 0.25) is 0 Å². The SMILES string of the molecule is CC1CC(OCCc2nc(CCl)cs2)CC(C)(C)C1. The number of hydrogen-bond donors (Lipinski definition) is 0. The van der Waals surface area contributed by atoms with E-state index in [1.807, 2.05) is 5.38 Å². The third kappa shape index (κ3) is 4.73. The number of rotatable bonds is 5. The van der Waals surface area contributed by atoms with Crippen LogP contribution in [0.5, 0.6) is 0 Å². The van der Waals surface area contributed by atoms with Gasteiger partial charge in [-0.05, 0) is 30.6 Å². The Morgan fingerprint density at radius 2 is 2.26 bits per heavy atom. The van der Waals surface area contributed by atoms with Gasteiger partial charge in [0.15, 0.2) is 0 Å². The second-order valence-electron chi connectivity index (χ2n) is 6.52. The molecule has 1 fully saturated rings. The highest BCUT2D eigenvalue weighted by Gasteiger charge is 2.32. The van der Waals surface area contributed by atoms with Crippen molar-refractivity contribution in [1.82, 2.24) is 4.98 Å². The molecule has 0 spiro atoms. The summed E-state index contributed by atoms with van der Waals surface area (Å²) in [6.45, 7) is 7.83. The largest absolute Gasteiger partial charge is 0.378 e. The van der Waals surface area contributed by atoms with Crippen molar-refractivity contribution in [2.24, 2.45) is 11.3 Å². The Morgan fingerprint density at radius 3 is 2.89 bits per heavy atom. The van der Waals surface area contributed by atoms with Gasteiger partial charge in [-0.25, -0.2) is 4.98 Å². The normalized spacial score (nSPS) is 26.5. The summed E-state index contributed by atoms with van der Waals surface area (Å²) in [5.41, 5.74) is 1.41. The first-order chi connectivity index (χ1) is 8.98. The Balaban J connectivity index is 1.76. The van der Waals surface area contributed by atoms with E-state index in [4.69, 9.17) is 16.3 Å². The van der Waals surface area contributed by atoms with Gasteiger partial charge in [0.05, 0.1) is 29.3 Å². The van der Waals surface area contributed by atoms with Crippen LogP contribution in [0.15, 0.2) is 5.38 Å². The van der Waals surface area contributed by atoms with Crippen LogP contribution in [0, 0.1) is 11.3 Å². The molecule has 0 N–H and O–H groups in total. The third-order valence-corrected chi connectivity index (χ3v) is 4.98. The molecule has 1 aromatic heterocycles. The van der Waals surface area contributed by atoms with Gasteiger partial charge in [-0.3, -0.25) is 0 Å². The van der Waals surface area contributed by atoms with Crippen molar-refractivity contribution >= 4 is 22.9 Å². The third-order valence-electron chi connectivity index (χ3n) is 3.75. The molecular weight excluding hydrogens is 278 g/mol. The van der Waals surface area contributed by atoms with Crippen molar-refractivity contribution in [3.63, 3.8) is 0 Å². The number of thiazole rings is 1. The molecule has 0 aromatic carbocycles. The molecule has 0 amide bonds. The Kier molecular flexibility index (Phi) is 5.27. The van der Waals surface area contributed by atoms with Crippen LogP contribution in [0.4, 0.5) is 0 Å². The summed E-state index contributed by atoms with van der Waals surface area (Å²) in [6.07, 6.45) is 5.04. The highest BCUT2D eigenvalue weighted by molar-refractivity contribution is 7.09. The molecule has 1 aliphatic carbocycles. The Morgan fingerprint density at radius 1 is 1.47 bits per heavy atom. The van der Waals surface area contributed by atoms with E-state index in [9.17, 15) is 0 Å². The summed E-state index contributed by atoms with van der Waals surface area (Å²) in [4.78, 5) is 4.46. The van der Waals surface area contributed by atoms with Gasteiger partial charge in [0, 0.05) is 11.8 Å². The quantitative estimate of drug-likeness (QED) is 0.738. The van der Waals surface area contributed by atoms with E-state index < -0.39 is 0 Å². The van der Waals surface area contributed by atoms with Gasteiger partial charge < -0.3 is 4.74 Å². The minimum absolute atomic E-state index is 0.422. The summed E-state index contributed by atoms with van der Waals surface area (Å²) in [5.74, 6) is 1.28. The first-order valence-electron chi connectivity index (χ1n) is 7.09. The number of ether oxygens (including phenoxy) is 1. The van der Waals surface area contributed by atoms with E-state index in [1.54, 1.807) is 11.3 Å². The fraction of sp³-hybridized carbons (Fsp3) is 0.800. The predicted octanol–water partition coefficient (Wildman–Crippen LogP) is 4.66. The lowest BCUT2D eigenvalue weighted by molar-refractivity contribution is -0.0215. The summed E-state index contributed by atoms with van der Waals surface area (Å²) < 4.78 is 6.07. The fourth-order valence-electron chi connectivity index (χ4n) is 3.22. The van der Waals surface area contributed by atoms with Gasteiger partial charge in [0.2, 0.25) is 0 Å². The van der Waals surface area contributed by atoms with Crippen LogP contribution in [0.25, 0.3) is 0 Å². The van der Waals surface area contributed by atoms with Crippen LogP contribution in [0.3, 0.4) is 0 Å². The molecule has 2 unspecified atom stereocenters. The Bertz CT molecular complexity index is 405. The average Bonchev–Trinajstić information content (AvgIpc) is 2.74. The monoisotopic (exact) mass is 301 g/mol. The molecule has 2 atom stereocenters. The summed E-state index contributed by atoms with van der Waals surface area (Å²) in [6, 6.07) is 0. The minimum Gasteiger partial charge on any atom is -0.378 e. The average molecular weight is 302 g/mol. The molecule has 0 bridgehead atoms. The molecule has 1 saturated carbocycles. The molecular formula is C15H24ClNOS. The van der Waals surface area contributed by atoms with Crippen molar-refractivity contribution in [1.29, 1.82) is 0 Å². The van der Waals surface area contributed by atoms with E-state index in [-0.39, 0.29) is 0 Å².